The Bertz CT molecular complexity index is 779. The standard InChI is InChI=1S/C19H19N3O3/c1-25-17-10-2-13(3-11-17)12-20-22-19(24)15-6-8-16(9-7-15)21-18(23)14-4-5-14/h2-3,6-12,14H,4-5H2,1H3,(H,21,23)(H,22,24)/b20-12+. The van der Waals surface area contributed by atoms with Gasteiger partial charge in [-0.1, -0.05) is 0 Å². The Balaban J connectivity index is 1.53. The Morgan fingerprint density at radius 1 is 1.08 bits per heavy atom. The molecule has 0 atom stereocenters. The molecule has 0 unspecified atom stereocenters. The molecule has 1 aliphatic carbocycles. The minimum atomic E-state index is -0.315. The first-order valence-electron chi connectivity index (χ1n) is 8.04. The molecule has 25 heavy (non-hydrogen) atoms. The maximum atomic E-state index is 12.1. The highest BCUT2D eigenvalue weighted by atomic mass is 16.5. The van der Waals surface area contributed by atoms with Gasteiger partial charge in [0.05, 0.1) is 13.3 Å². The van der Waals surface area contributed by atoms with E-state index in [0.29, 0.717) is 11.3 Å². The predicted molar refractivity (Wildman–Crippen MR) is 95.8 cm³/mol. The van der Waals surface area contributed by atoms with Crippen molar-refractivity contribution < 1.29 is 14.3 Å². The number of nitrogens with one attached hydrogen (secondary N) is 2. The number of amides is 2. The largest absolute Gasteiger partial charge is 0.497 e. The first kappa shape index (κ1) is 16.7. The molecule has 0 spiro atoms. The van der Waals surface area contributed by atoms with E-state index in [-0.39, 0.29) is 17.7 Å². The SMILES string of the molecule is COc1ccc(/C=N/NC(=O)c2ccc(NC(=O)C3CC3)cc2)cc1. The average Bonchev–Trinajstić information content (AvgIpc) is 3.48. The van der Waals surface area contributed by atoms with E-state index in [9.17, 15) is 9.59 Å². The zero-order valence-electron chi connectivity index (χ0n) is 13.9. The van der Waals surface area contributed by atoms with Crippen LogP contribution < -0.4 is 15.5 Å². The van der Waals surface area contributed by atoms with E-state index in [2.05, 4.69) is 15.8 Å². The molecule has 2 amide bonds. The van der Waals surface area contributed by atoms with Crippen molar-refractivity contribution in [1.82, 2.24) is 5.43 Å². The fourth-order valence-electron chi connectivity index (χ4n) is 2.21. The van der Waals surface area contributed by atoms with E-state index in [4.69, 9.17) is 4.74 Å². The summed E-state index contributed by atoms with van der Waals surface area (Å²) in [7, 11) is 1.60. The predicted octanol–water partition coefficient (Wildman–Crippen LogP) is 2.81. The molecule has 6 heteroatoms. The number of rotatable bonds is 6. The van der Waals surface area contributed by atoms with Gasteiger partial charge in [-0.25, -0.2) is 5.43 Å². The summed E-state index contributed by atoms with van der Waals surface area (Å²) < 4.78 is 5.08. The lowest BCUT2D eigenvalue weighted by molar-refractivity contribution is -0.117. The topological polar surface area (TPSA) is 79.8 Å². The molecule has 0 heterocycles. The van der Waals surface area contributed by atoms with Crippen LogP contribution in [0, 0.1) is 5.92 Å². The van der Waals surface area contributed by atoms with Gasteiger partial charge in [0.25, 0.3) is 5.91 Å². The van der Waals surface area contributed by atoms with Crippen molar-refractivity contribution in [2.45, 2.75) is 12.8 Å². The summed E-state index contributed by atoms with van der Waals surface area (Å²) in [6.07, 6.45) is 3.47. The van der Waals surface area contributed by atoms with Crippen LogP contribution >= 0.6 is 0 Å². The lowest BCUT2D eigenvalue weighted by Crippen LogP contribution is -2.18. The molecule has 0 aliphatic heterocycles. The minimum Gasteiger partial charge on any atom is -0.497 e. The van der Waals surface area contributed by atoms with Crippen molar-refractivity contribution in [2.24, 2.45) is 11.0 Å². The molecular formula is C19H19N3O3. The second-order valence-electron chi connectivity index (χ2n) is 5.81. The van der Waals surface area contributed by atoms with Crippen LogP contribution in [0.4, 0.5) is 5.69 Å². The van der Waals surface area contributed by atoms with Crippen LogP contribution in [-0.4, -0.2) is 25.1 Å². The Kier molecular flexibility index (Phi) is 5.09. The van der Waals surface area contributed by atoms with Crippen molar-refractivity contribution in [3.63, 3.8) is 0 Å². The van der Waals surface area contributed by atoms with E-state index in [1.807, 2.05) is 24.3 Å². The zero-order valence-corrected chi connectivity index (χ0v) is 13.9. The number of carbonyl (C=O) groups excluding carboxylic acids is 2. The summed E-state index contributed by atoms with van der Waals surface area (Å²) in [5.41, 5.74) is 4.48. The lowest BCUT2D eigenvalue weighted by Gasteiger charge is -2.05. The van der Waals surface area contributed by atoms with Gasteiger partial charge in [-0.3, -0.25) is 9.59 Å². The van der Waals surface area contributed by atoms with Gasteiger partial charge in [-0.15, -0.1) is 0 Å². The number of methoxy groups -OCH3 is 1. The Labute approximate surface area is 145 Å². The molecule has 128 valence electrons. The molecule has 1 aliphatic rings. The van der Waals surface area contributed by atoms with Crippen LogP contribution in [0.15, 0.2) is 53.6 Å². The summed E-state index contributed by atoms with van der Waals surface area (Å²) in [6.45, 7) is 0. The molecule has 2 aromatic carbocycles. The maximum Gasteiger partial charge on any atom is 0.271 e. The molecular weight excluding hydrogens is 318 g/mol. The Morgan fingerprint density at radius 3 is 2.36 bits per heavy atom. The molecule has 6 nitrogen and oxygen atoms in total. The van der Waals surface area contributed by atoms with Crippen LogP contribution in [0.2, 0.25) is 0 Å². The number of hydrazone groups is 1. The molecule has 1 saturated carbocycles. The van der Waals surface area contributed by atoms with Crippen molar-refractivity contribution in [2.75, 3.05) is 12.4 Å². The third-order valence-corrected chi connectivity index (χ3v) is 3.86. The Hall–Kier alpha value is -3.15. The number of nitrogens with zero attached hydrogens (tertiary/aromatic N) is 1. The number of ether oxygens (including phenoxy) is 1. The first-order chi connectivity index (χ1) is 12.2. The number of hydrogen-bond acceptors (Lipinski definition) is 4. The number of anilines is 1. The normalized spacial score (nSPS) is 13.5. The van der Waals surface area contributed by atoms with E-state index in [1.165, 1.54) is 0 Å². The number of carbonyl (C=O) groups is 2. The van der Waals surface area contributed by atoms with E-state index < -0.39 is 0 Å². The molecule has 1 fully saturated rings. The van der Waals surface area contributed by atoms with Gasteiger partial charge in [0.15, 0.2) is 0 Å². The summed E-state index contributed by atoms with van der Waals surface area (Å²) >= 11 is 0. The molecule has 0 aromatic heterocycles. The van der Waals surface area contributed by atoms with Gasteiger partial charge in [0.1, 0.15) is 5.75 Å². The quantitative estimate of drug-likeness (QED) is 0.628. The highest BCUT2D eigenvalue weighted by Gasteiger charge is 2.29. The van der Waals surface area contributed by atoms with Crippen molar-refractivity contribution in [3.05, 3.63) is 59.7 Å². The monoisotopic (exact) mass is 337 g/mol. The number of benzene rings is 2. The second-order valence-corrected chi connectivity index (χ2v) is 5.81. The van der Waals surface area contributed by atoms with Gasteiger partial charge in [0.2, 0.25) is 5.91 Å². The first-order valence-corrected chi connectivity index (χ1v) is 8.04. The van der Waals surface area contributed by atoms with Crippen LogP contribution in [-0.2, 0) is 4.79 Å². The summed E-state index contributed by atoms with van der Waals surface area (Å²) in [5, 5.41) is 6.77. The van der Waals surface area contributed by atoms with E-state index >= 15 is 0 Å². The molecule has 0 saturated heterocycles. The van der Waals surface area contributed by atoms with Crippen molar-refractivity contribution >= 4 is 23.7 Å². The van der Waals surface area contributed by atoms with Gasteiger partial charge < -0.3 is 10.1 Å². The van der Waals surface area contributed by atoms with Gasteiger partial charge >= 0.3 is 0 Å². The van der Waals surface area contributed by atoms with Crippen LogP contribution in [0.25, 0.3) is 0 Å². The summed E-state index contributed by atoms with van der Waals surface area (Å²) in [4.78, 5) is 23.7. The maximum absolute atomic E-state index is 12.1. The highest BCUT2D eigenvalue weighted by Crippen LogP contribution is 2.30. The molecule has 2 N–H and O–H groups in total. The molecule has 2 aromatic rings. The average molecular weight is 337 g/mol. The van der Waals surface area contributed by atoms with Gasteiger partial charge in [0, 0.05) is 17.2 Å². The zero-order chi connectivity index (χ0) is 17.6. The number of hydrogen-bond donors (Lipinski definition) is 2. The van der Waals surface area contributed by atoms with E-state index in [0.717, 1.165) is 24.2 Å². The molecule has 0 radical (unpaired) electrons. The lowest BCUT2D eigenvalue weighted by atomic mass is 10.2. The Morgan fingerprint density at radius 2 is 1.76 bits per heavy atom. The van der Waals surface area contributed by atoms with Crippen molar-refractivity contribution in [3.8, 4) is 5.75 Å². The third-order valence-electron chi connectivity index (χ3n) is 3.86. The van der Waals surface area contributed by atoms with Gasteiger partial charge in [-0.05, 0) is 66.9 Å². The smallest absolute Gasteiger partial charge is 0.271 e. The minimum absolute atomic E-state index is 0.0429. The fourth-order valence-corrected chi connectivity index (χ4v) is 2.21. The van der Waals surface area contributed by atoms with Gasteiger partial charge in [-0.2, -0.15) is 5.10 Å². The molecule has 3 rings (SSSR count). The van der Waals surface area contributed by atoms with E-state index in [1.54, 1.807) is 37.6 Å². The third kappa shape index (κ3) is 4.67. The van der Waals surface area contributed by atoms with Crippen LogP contribution in [0.1, 0.15) is 28.8 Å². The second kappa shape index (κ2) is 7.61. The van der Waals surface area contributed by atoms with Crippen LogP contribution in [0.3, 0.4) is 0 Å². The summed E-state index contributed by atoms with van der Waals surface area (Å²) in [6, 6.07) is 14.0. The summed E-state index contributed by atoms with van der Waals surface area (Å²) in [5.74, 6) is 0.636. The molecule has 0 bridgehead atoms. The fraction of sp³-hybridized carbons (Fsp3) is 0.211. The van der Waals surface area contributed by atoms with Crippen LogP contribution in [0.5, 0.6) is 5.75 Å². The van der Waals surface area contributed by atoms with Crippen molar-refractivity contribution in [1.29, 1.82) is 0 Å². The highest BCUT2D eigenvalue weighted by molar-refractivity contribution is 5.97.